The monoisotopic (exact) mass is 320 g/mol. The number of thiol groups is 1. The van der Waals surface area contributed by atoms with Crippen LogP contribution in [0.4, 0.5) is 0 Å². The quantitative estimate of drug-likeness (QED) is 0.127. The smallest absolute Gasteiger partial charge is 0.332 e. The van der Waals surface area contributed by atoms with Gasteiger partial charge in [0.1, 0.15) is 0 Å². The largest absolute Gasteiger partial charge is 0.481 e. The molecule has 0 saturated heterocycles. The summed E-state index contributed by atoms with van der Waals surface area (Å²) in [6, 6.07) is 0. The Kier molecular flexibility index (Phi) is 7.16. The van der Waals surface area contributed by atoms with Gasteiger partial charge in [0.2, 0.25) is 0 Å². The van der Waals surface area contributed by atoms with E-state index in [-0.39, 0.29) is 25.3 Å². The first kappa shape index (κ1) is 19.2. The second-order valence-electron chi connectivity index (χ2n) is 4.63. The van der Waals surface area contributed by atoms with Crippen molar-refractivity contribution in [1.82, 2.24) is 0 Å². The van der Waals surface area contributed by atoms with Crippen LogP contribution in [0.15, 0.2) is 4.99 Å². The van der Waals surface area contributed by atoms with Gasteiger partial charge in [-0.1, -0.05) is 6.92 Å². The van der Waals surface area contributed by atoms with E-state index in [9.17, 15) is 24.6 Å². The molecule has 0 fully saturated rings. The van der Waals surface area contributed by atoms with Crippen molar-refractivity contribution < 1.29 is 24.6 Å². The van der Waals surface area contributed by atoms with Crippen molar-refractivity contribution >= 4 is 36.3 Å². The van der Waals surface area contributed by atoms with E-state index >= 15 is 0 Å². The molecule has 0 aromatic carbocycles. The van der Waals surface area contributed by atoms with Crippen LogP contribution < -0.4 is 17.2 Å². The summed E-state index contributed by atoms with van der Waals surface area (Å²) in [5.41, 5.74) is 13.2. The molecule has 0 bridgehead atoms. The minimum Gasteiger partial charge on any atom is -0.481 e. The first-order valence-electron chi connectivity index (χ1n) is 6.05. The lowest BCUT2D eigenvalue weighted by molar-refractivity contribution is -0.160. The Labute approximate surface area is 127 Å². The molecule has 21 heavy (non-hydrogen) atoms. The molecule has 0 aromatic heterocycles. The van der Waals surface area contributed by atoms with Crippen molar-refractivity contribution in [2.24, 2.45) is 28.1 Å². The average molecular weight is 320 g/mol. The summed E-state index contributed by atoms with van der Waals surface area (Å²) in [6.45, 7) is 1.40. The van der Waals surface area contributed by atoms with Crippen LogP contribution >= 0.6 is 12.6 Å². The zero-order valence-electron chi connectivity index (χ0n) is 11.5. The van der Waals surface area contributed by atoms with Crippen molar-refractivity contribution in [3.63, 3.8) is 0 Å². The third-order valence-electron chi connectivity index (χ3n) is 2.87. The normalized spacial score (nSPS) is 16.3. The summed E-state index contributed by atoms with van der Waals surface area (Å²) in [7, 11) is 0. The molecular weight excluding hydrogens is 300 g/mol. The number of Topliss-reactive ketones (excluding diaryl/α,β-unsaturated/α-hetero) is 1. The highest BCUT2D eigenvalue weighted by Crippen LogP contribution is 2.25. The van der Waals surface area contributed by atoms with Crippen LogP contribution in [0.5, 0.6) is 0 Å². The zero-order valence-corrected chi connectivity index (χ0v) is 12.4. The number of guanidine groups is 1. The van der Waals surface area contributed by atoms with E-state index < -0.39 is 34.4 Å². The van der Waals surface area contributed by atoms with Gasteiger partial charge in [-0.3, -0.25) is 14.6 Å². The standard InChI is InChI=1S/C11H20N4O5S/c1-5(21)4-6(8(17)18)11(14,9(19)20)7(16)2-3-15-10(12)13/h5-6,21H,2-4,14H2,1H3,(H,17,18)(H,19,20)(H4,12,13,15). The van der Waals surface area contributed by atoms with Gasteiger partial charge in [0.05, 0.1) is 5.92 Å². The van der Waals surface area contributed by atoms with Crippen LogP contribution in [-0.2, 0) is 14.4 Å². The van der Waals surface area contributed by atoms with Gasteiger partial charge in [0.15, 0.2) is 17.3 Å². The molecule has 10 heteroatoms. The number of ketones is 1. The molecule has 120 valence electrons. The first-order chi connectivity index (χ1) is 9.53. The molecule has 0 radical (unpaired) electrons. The first-order valence-corrected chi connectivity index (χ1v) is 6.56. The van der Waals surface area contributed by atoms with Crippen LogP contribution in [0.3, 0.4) is 0 Å². The fourth-order valence-electron chi connectivity index (χ4n) is 1.78. The maximum Gasteiger partial charge on any atom is 0.332 e. The lowest BCUT2D eigenvalue weighted by atomic mass is 9.77. The van der Waals surface area contributed by atoms with Gasteiger partial charge in [0, 0.05) is 13.0 Å². The van der Waals surface area contributed by atoms with Crippen molar-refractivity contribution in [2.75, 3.05) is 6.54 Å². The maximum atomic E-state index is 12.1. The Balaban J connectivity index is 5.37. The second-order valence-corrected chi connectivity index (χ2v) is 5.51. The highest BCUT2D eigenvalue weighted by molar-refractivity contribution is 7.80. The van der Waals surface area contributed by atoms with Crippen molar-refractivity contribution in [2.45, 2.75) is 30.6 Å². The fraction of sp³-hybridized carbons (Fsp3) is 0.636. The van der Waals surface area contributed by atoms with Crippen LogP contribution in [0, 0.1) is 5.92 Å². The Morgan fingerprint density at radius 1 is 1.29 bits per heavy atom. The highest BCUT2D eigenvalue weighted by atomic mass is 32.1. The summed E-state index contributed by atoms with van der Waals surface area (Å²) in [5.74, 6) is -6.01. The van der Waals surface area contributed by atoms with E-state index in [4.69, 9.17) is 17.2 Å². The summed E-state index contributed by atoms with van der Waals surface area (Å²) >= 11 is 4.02. The number of rotatable bonds is 9. The fourth-order valence-corrected chi connectivity index (χ4v) is 1.99. The topological polar surface area (TPSA) is 182 Å². The van der Waals surface area contributed by atoms with Gasteiger partial charge in [-0.15, -0.1) is 0 Å². The number of carboxylic acids is 2. The lowest BCUT2D eigenvalue weighted by Crippen LogP contribution is -2.62. The van der Waals surface area contributed by atoms with E-state index in [1.54, 1.807) is 6.92 Å². The highest BCUT2D eigenvalue weighted by Gasteiger charge is 2.52. The maximum absolute atomic E-state index is 12.1. The van der Waals surface area contributed by atoms with Gasteiger partial charge in [0.25, 0.3) is 0 Å². The summed E-state index contributed by atoms with van der Waals surface area (Å²) in [4.78, 5) is 38.3. The van der Waals surface area contributed by atoms with Crippen LogP contribution in [-0.4, -0.2) is 51.2 Å². The number of aliphatic carboxylic acids is 2. The number of aliphatic imine (C=N–C) groups is 1. The number of nitrogens with two attached hydrogens (primary N) is 3. The number of carbonyl (C=O) groups is 3. The van der Waals surface area contributed by atoms with E-state index in [0.717, 1.165) is 0 Å². The molecule has 3 unspecified atom stereocenters. The third kappa shape index (κ3) is 5.23. The minimum atomic E-state index is -2.55. The molecule has 0 spiro atoms. The molecule has 0 saturated carbocycles. The summed E-state index contributed by atoms with van der Waals surface area (Å²) in [6.07, 6.45) is -0.555. The summed E-state index contributed by atoms with van der Waals surface area (Å²) in [5, 5.41) is 18.0. The van der Waals surface area contributed by atoms with Crippen molar-refractivity contribution in [3.8, 4) is 0 Å². The van der Waals surface area contributed by atoms with Crippen LogP contribution in [0.2, 0.25) is 0 Å². The summed E-state index contributed by atoms with van der Waals surface area (Å²) < 4.78 is 0. The number of nitrogens with zero attached hydrogens (tertiary/aromatic N) is 1. The van der Waals surface area contributed by atoms with Gasteiger partial charge in [-0.2, -0.15) is 12.6 Å². The number of carboxylic acid groups (broad SMARTS) is 2. The minimum absolute atomic E-state index is 0.170. The molecule has 0 amide bonds. The average Bonchev–Trinajstić information content (AvgIpc) is 2.33. The third-order valence-corrected chi connectivity index (χ3v) is 3.08. The predicted octanol–water partition coefficient (Wildman–Crippen LogP) is -1.59. The number of hydrogen-bond donors (Lipinski definition) is 6. The molecular formula is C11H20N4O5S. The second kappa shape index (κ2) is 7.84. The molecule has 0 aromatic rings. The Morgan fingerprint density at radius 3 is 2.14 bits per heavy atom. The van der Waals surface area contributed by atoms with Gasteiger partial charge >= 0.3 is 11.9 Å². The van der Waals surface area contributed by atoms with Gasteiger partial charge in [-0.25, -0.2) is 4.79 Å². The van der Waals surface area contributed by atoms with Crippen molar-refractivity contribution in [3.05, 3.63) is 0 Å². The van der Waals surface area contributed by atoms with E-state index in [1.807, 2.05) is 0 Å². The Hall–Kier alpha value is -1.81. The van der Waals surface area contributed by atoms with Gasteiger partial charge < -0.3 is 27.4 Å². The molecule has 9 nitrogen and oxygen atoms in total. The number of hydrogen-bond acceptors (Lipinski definition) is 6. The molecule has 8 N–H and O–H groups in total. The van der Waals surface area contributed by atoms with Crippen molar-refractivity contribution in [1.29, 1.82) is 0 Å². The molecule has 0 aliphatic rings. The van der Waals surface area contributed by atoms with Gasteiger partial charge in [-0.05, 0) is 11.7 Å². The molecule has 0 aliphatic carbocycles. The molecule has 0 aliphatic heterocycles. The SMILES string of the molecule is CC(S)CC(C(=O)O)C(N)(C(=O)O)C(=O)CCN=C(N)N. The Bertz CT molecular complexity index is 450. The molecule has 3 atom stereocenters. The number of carbonyl (C=O) groups excluding carboxylic acids is 1. The van der Waals surface area contributed by atoms with E-state index in [2.05, 4.69) is 17.6 Å². The van der Waals surface area contributed by atoms with E-state index in [1.165, 1.54) is 0 Å². The lowest BCUT2D eigenvalue weighted by Gasteiger charge is -2.30. The molecule has 0 rings (SSSR count). The van der Waals surface area contributed by atoms with E-state index in [0.29, 0.717) is 0 Å². The zero-order chi connectivity index (χ0) is 16.8. The Morgan fingerprint density at radius 2 is 1.81 bits per heavy atom. The van der Waals surface area contributed by atoms with Crippen LogP contribution in [0.1, 0.15) is 19.8 Å². The predicted molar refractivity (Wildman–Crippen MR) is 79.0 cm³/mol. The van der Waals surface area contributed by atoms with Crippen LogP contribution in [0.25, 0.3) is 0 Å². The molecule has 0 heterocycles.